The summed E-state index contributed by atoms with van der Waals surface area (Å²) >= 11 is 0. The van der Waals surface area contributed by atoms with Gasteiger partial charge in [0.25, 0.3) is 0 Å². The van der Waals surface area contributed by atoms with Crippen LogP contribution in [0.15, 0.2) is 0 Å². The van der Waals surface area contributed by atoms with Crippen LogP contribution in [-0.2, 0) is 19.0 Å². The van der Waals surface area contributed by atoms with E-state index in [-0.39, 0.29) is 23.1 Å². The molecule has 2 aliphatic heterocycles. The first kappa shape index (κ1) is 16.8. The summed E-state index contributed by atoms with van der Waals surface area (Å²) in [6.07, 6.45) is 8.01. The van der Waals surface area contributed by atoms with Gasteiger partial charge < -0.3 is 14.2 Å². The van der Waals surface area contributed by atoms with Gasteiger partial charge in [0.05, 0.1) is 24.4 Å². The van der Waals surface area contributed by atoms with Crippen molar-refractivity contribution in [3.05, 3.63) is 0 Å². The van der Waals surface area contributed by atoms with E-state index in [2.05, 4.69) is 13.8 Å². The second-order valence-corrected chi connectivity index (χ2v) is 9.20. The first-order valence-corrected chi connectivity index (χ1v) is 9.73. The molecule has 7 atom stereocenters. The van der Waals surface area contributed by atoms with Gasteiger partial charge in [-0.05, 0) is 69.6 Å². The number of esters is 1. The molecule has 3 aliphatic carbocycles. The van der Waals surface area contributed by atoms with Crippen LogP contribution in [-0.4, -0.2) is 37.5 Å². The van der Waals surface area contributed by atoms with Crippen molar-refractivity contribution in [1.29, 1.82) is 0 Å². The van der Waals surface area contributed by atoms with Gasteiger partial charge in [-0.1, -0.05) is 6.92 Å². The summed E-state index contributed by atoms with van der Waals surface area (Å²) in [7, 11) is 1.83. The quantitative estimate of drug-likeness (QED) is 0.718. The Balaban J connectivity index is 1.62. The summed E-state index contributed by atoms with van der Waals surface area (Å²) in [5.41, 5.74) is 0.531. The van der Waals surface area contributed by atoms with Crippen LogP contribution in [0.3, 0.4) is 0 Å². The van der Waals surface area contributed by atoms with Crippen molar-refractivity contribution in [2.75, 3.05) is 13.7 Å². The standard InChI is InChI=1S/C20H32O4/c1-5-23-16(21)7-8-18(2)15(22-4)6-9-20-11-13-10-14(17(18)20)24-19(13,3)12-20/h13-15,17H,5-12H2,1-4H3/t13?,14?,15-,17?,18-,19?,20?/m1/s1. The van der Waals surface area contributed by atoms with E-state index >= 15 is 0 Å². The van der Waals surface area contributed by atoms with Crippen LogP contribution in [0.2, 0.25) is 0 Å². The van der Waals surface area contributed by atoms with Gasteiger partial charge in [-0.15, -0.1) is 0 Å². The zero-order valence-corrected chi connectivity index (χ0v) is 15.6. The Morgan fingerprint density at radius 2 is 2.12 bits per heavy atom. The number of methoxy groups -OCH3 is 1. The zero-order valence-electron chi connectivity index (χ0n) is 15.6. The van der Waals surface area contributed by atoms with Gasteiger partial charge in [-0.3, -0.25) is 4.79 Å². The molecule has 4 heteroatoms. The fraction of sp³-hybridized carbons (Fsp3) is 0.950. The van der Waals surface area contributed by atoms with Crippen molar-refractivity contribution < 1.29 is 19.0 Å². The summed E-state index contributed by atoms with van der Waals surface area (Å²) in [6.45, 7) is 7.02. The molecule has 2 saturated heterocycles. The Morgan fingerprint density at radius 3 is 2.79 bits per heavy atom. The molecule has 4 nitrogen and oxygen atoms in total. The minimum atomic E-state index is -0.0762. The van der Waals surface area contributed by atoms with Crippen LogP contribution >= 0.6 is 0 Å². The predicted octanol–water partition coefficient (Wildman–Crippen LogP) is 3.72. The van der Waals surface area contributed by atoms with Crippen molar-refractivity contribution >= 4 is 5.97 Å². The minimum absolute atomic E-state index is 0.00106. The Morgan fingerprint density at radius 1 is 1.33 bits per heavy atom. The molecule has 1 spiro atoms. The highest BCUT2D eigenvalue weighted by molar-refractivity contribution is 5.69. The molecule has 3 saturated carbocycles. The predicted molar refractivity (Wildman–Crippen MR) is 90.5 cm³/mol. The molecule has 0 radical (unpaired) electrons. The number of carbonyl (C=O) groups excluding carboxylic acids is 1. The molecule has 0 N–H and O–H groups in total. The van der Waals surface area contributed by atoms with Crippen LogP contribution < -0.4 is 0 Å². The molecule has 2 heterocycles. The topological polar surface area (TPSA) is 44.8 Å². The molecule has 0 aromatic carbocycles. The van der Waals surface area contributed by atoms with Crippen LogP contribution in [0.5, 0.6) is 0 Å². The highest BCUT2D eigenvalue weighted by Gasteiger charge is 2.72. The lowest BCUT2D eigenvalue weighted by Gasteiger charge is -2.61. The van der Waals surface area contributed by atoms with Crippen molar-refractivity contribution in [3.63, 3.8) is 0 Å². The van der Waals surface area contributed by atoms with Gasteiger partial charge in [-0.25, -0.2) is 0 Å². The second-order valence-electron chi connectivity index (χ2n) is 9.20. The number of rotatable bonds is 5. The Kier molecular flexibility index (Phi) is 3.82. The molecule has 5 rings (SSSR count). The minimum Gasteiger partial charge on any atom is -0.466 e. The molecule has 136 valence electrons. The van der Waals surface area contributed by atoms with E-state index in [1.807, 2.05) is 14.0 Å². The van der Waals surface area contributed by atoms with E-state index < -0.39 is 0 Å². The first-order valence-electron chi connectivity index (χ1n) is 9.73. The average Bonchev–Trinajstić information content (AvgIpc) is 2.88. The number of hydrogen-bond acceptors (Lipinski definition) is 4. The molecule has 24 heavy (non-hydrogen) atoms. The van der Waals surface area contributed by atoms with Crippen molar-refractivity contribution in [3.8, 4) is 0 Å². The zero-order chi connectivity index (χ0) is 17.2. The molecule has 0 aromatic rings. The van der Waals surface area contributed by atoms with Crippen molar-refractivity contribution in [2.24, 2.45) is 22.7 Å². The maximum Gasteiger partial charge on any atom is 0.305 e. The van der Waals surface area contributed by atoms with E-state index in [0.29, 0.717) is 30.5 Å². The van der Waals surface area contributed by atoms with Crippen LogP contribution in [0.4, 0.5) is 0 Å². The molecule has 5 unspecified atom stereocenters. The summed E-state index contributed by atoms with van der Waals surface area (Å²) in [5, 5.41) is 0. The van der Waals surface area contributed by atoms with E-state index in [4.69, 9.17) is 14.2 Å². The van der Waals surface area contributed by atoms with Gasteiger partial charge >= 0.3 is 5.97 Å². The lowest BCUT2D eigenvalue weighted by molar-refractivity contribution is -0.221. The third kappa shape index (κ3) is 2.14. The highest BCUT2D eigenvalue weighted by Crippen LogP contribution is 2.73. The highest BCUT2D eigenvalue weighted by atomic mass is 16.5. The van der Waals surface area contributed by atoms with Crippen LogP contribution in [0.1, 0.15) is 65.7 Å². The van der Waals surface area contributed by atoms with Gasteiger partial charge in [0.15, 0.2) is 0 Å². The maximum absolute atomic E-state index is 12.0. The molecular weight excluding hydrogens is 304 g/mol. The maximum atomic E-state index is 12.0. The summed E-state index contributed by atoms with van der Waals surface area (Å²) in [6, 6.07) is 0. The Bertz CT molecular complexity index is 534. The number of hydrogen-bond donors (Lipinski definition) is 0. The smallest absolute Gasteiger partial charge is 0.305 e. The fourth-order valence-electron chi connectivity index (χ4n) is 7.33. The van der Waals surface area contributed by atoms with Crippen molar-refractivity contribution in [2.45, 2.75) is 83.5 Å². The largest absolute Gasteiger partial charge is 0.466 e. The summed E-state index contributed by atoms with van der Waals surface area (Å²) in [5.74, 6) is 1.18. The summed E-state index contributed by atoms with van der Waals surface area (Å²) < 4.78 is 17.7. The molecular formula is C20H32O4. The normalized spacial score (nSPS) is 51.7. The van der Waals surface area contributed by atoms with Gasteiger partial charge in [0.2, 0.25) is 0 Å². The Hall–Kier alpha value is -0.610. The average molecular weight is 336 g/mol. The first-order chi connectivity index (χ1) is 11.4. The molecule has 0 aromatic heterocycles. The molecule has 4 bridgehead atoms. The van der Waals surface area contributed by atoms with Gasteiger partial charge in [0.1, 0.15) is 0 Å². The lowest BCUT2D eigenvalue weighted by atomic mass is 9.48. The van der Waals surface area contributed by atoms with E-state index in [9.17, 15) is 4.79 Å². The van der Waals surface area contributed by atoms with E-state index in [1.165, 1.54) is 25.7 Å². The molecule has 5 aliphatic rings. The number of carbonyl (C=O) groups is 1. The summed E-state index contributed by atoms with van der Waals surface area (Å²) in [4.78, 5) is 12.0. The SMILES string of the molecule is CCOC(=O)CC[C@@]1(C)C2C3CC4CC2(CC[C@H]1OC)CC4(C)O3. The van der Waals surface area contributed by atoms with Gasteiger partial charge in [-0.2, -0.15) is 0 Å². The fourth-order valence-corrected chi connectivity index (χ4v) is 7.33. The van der Waals surface area contributed by atoms with E-state index in [1.54, 1.807) is 0 Å². The Labute approximate surface area is 145 Å². The molecule has 0 amide bonds. The third-order valence-electron chi connectivity index (χ3n) is 8.00. The van der Waals surface area contributed by atoms with Crippen LogP contribution in [0.25, 0.3) is 0 Å². The second kappa shape index (κ2) is 5.44. The lowest BCUT2D eigenvalue weighted by Crippen LogP contribution is -2.60. The monoisotopic (exact) mass is 336 g/mol. The number of ether oxygens (including phenoxy) is 3. The van der Waals surface area contributed by atoms with E-state index in [0.717, 1.165) is 18.8 Å². The molecule has 5 fully saturated rings. The third-order valence-corrected chi connectivity index (χ3v) is 8.00. The van der Waals surface area contributed by atoms with Gasteiger partial charge in [0, 0.05) is 18.9 Å². The van der Waals surface area contributed by atoms with Crippen molar-refractivity contribution in [1.82, 2.24) is 0 Å². The van der Waals surface area contributed by atoms with Crippen LogP contribution in [0, 0.1) is 22.7 Å².